The van der Waals surface area contributed by atoms with Crippen LogP contribution in [0.15, 0.2) is 58.4 Å². The van der Waals surface area contributed by atoms with Crippen LogP contribution < -0.4 is 15.8 Å². The van der Waals surface area contributed by atoms with E-state index in [1.54, 1.807) is 12.1 Å². The highest BCUT2D eigenvalue weighted by Crippen LogP contribution is 2.16. The van der Waals surface area contributed by atoms with Crippen molar-refractivity contribution in [2.24, 2.45) is 16.0 Å². The van der Waals surface area contributed by atoms with Gasteiger partial charge < -0.3 is 10.6 Å². The maximum absolute atomic E-state index is 11.5. The first kappa shape index (κ1) is 22.9. The average Bonchev–Trinajstić information content (AvgIpc) is 2.66. The zero-order valence-corrected chi connectivity index (χ0v) is 18.5. The Morgan fingerprint density at radius 3 is 2.34 bits per heavy atom. The molecule has 2 rings (SSSR count). The van der Waals surface area contributed by atoms with Gasteiger partial charge in [-0.05, 0) is 55.0 Å². The Bertz CT molecular complexity index is 922. The number of nitrogens with two attached hydrogens (primary N) is 1. The number of aliphatic imine (C=N–C) groups is 1. The van der Waals surface area contributed by atoms with Crippen molar-refractivity contribution < 1.29 is 8.42 Å². The minimum atomic E-state index is -3.72. The molecular weight excluding hydrogens is 384 g/mol. The predicted molar refractivity (Wildman–Crippen MR) is 119 cm³/mol. The van der Waals surface area contributed by atoms with Gasteiger partial charge in [0.1, 0.15) is 0 Å². The Labute approximate surface area is 174 Å². The van der Waals surface area contributed by atoms with E-state index in [9.17, 15) is 8.42 Å². The molecule has 0 amide bonds. The molecule has 0 aliphatic carbocycles. The van der Waals surface area contributed by atoms with Crippen molar-refractivity contribution in [1.82, 2.24) is 10.6 Å². The molecule has 6 nitrogen and oxygen atoms in total. The quantitative estimate of drug-likeness (QED) is 0.454. The highest BCUT2D eigenvalue weighted by Gasteiger charge is 2.10. The molecule has 0 radical (unpaired) electrons. The molecular formula is C22H32N4O2S. The van der Waals surface area contributed by atoms with E-state index in [1.807, 2.05) is 13.0 Å². The molecule has 0 aliphatic rings. The molecule has 1 unspecified atom stereocenters. The van der Waals surface area contributed by atoms with Gasteiger partial charge in [-0.2, -0.15) is 0 Å². The van der Waals surface area contributed by atoms with E-state index in [0.29, 0.717) is 18.4 Å². The van der Waals surface area contributed by atoms with Gasteiger partial charge in [-0.25, -0.2) is 18.5 Å². The molecule has 0 spiro atoms. The van der Waals surface area contributed by atoms with Crippen molar-refractivity contribution in [3.63, 3.8) is 0 Å². The molecule has 0 heterocycles. The molecule has 0 fully saturated rings. The molecule has 29 heavy (non-hydrogen) atoms. The van der Waals surface area contributed by atoms with Gasteiger partial charge >= 0.3 is 0 Å². The fourth-order valence-corrected chi connectivity index (χ4v) is 3.60. The summed E-state index contributed by atoms with van der Waals surface area (Å²) in [5, 5.41) is 11.8. The Morgan fingerprint density at radius 1 is 1.07 bits per heavy atom. The van der Waals surface area contributed by atoms with Crippen molar-refractivity contribution in [3.8, 4) is 0 Å². The van der Waals surface area contributed by atoms with Crippen LogP contribution in [0.5, 0.6) is 0 Å². The van der Waals surface area contributed by atoms with Crippen LogP contribution in [-0.2, 0) is 23.0 Å². The monoisotopic (exact) mass is 416 g/mol. The number of hydrogen-bond donors (Lipinski definition) is 3. The lowest BCUT2D eigenvalue weighted by Crippen LogP contribution is -2.38. The van der Waals surface area contributed by atoms with Crippen LogP contribution >= 0.6 is 0 Å². The average molecular weight is 417 g/mol. The third-order valence-corrected chi connectivity index (χ3v) is 5.38. The van der Waals surface area contributed by atoms with E-state index >= 15 is 0 Å². The normalized spacial score (nSPS) is 13.4. The van der Waals surface area contributed by atoms with Gasteiger partial charge in [0.25, 0.3) is 0 Å². The molecule has 0 saturated heterocycles. The molecule has 0 saturated carbocycles. The van der Waals surface area contributed by atoms with Crippen LogP contribution in [0.25, 0.3) is 0 Å². The third-order valence-electron chi connectivity index (χ3n) is 4.47. The first-order valence-corrected chi connectivity index (χ1v) is 11.5. The highest BCUT2D eigenvalue weighted by atomic mass is 32.2. The molecule has 0 bridgehead atoms. The summed E-state index contributed by atoms with van der Waals surface area (Å²) in [5.41, 5.74) is 3.30. The van der Waals surface area contributed by atoms with E-state index in [0.717, 1.165) is 18.5 Å². The Morgan fingerprint density at radius 2 is 1.76 bits per heavy atom. The molecule has 7 heteroatoms. The van der Waals surface area contributed by atoms with E-state index in [1.165, 1.54) is 17.2 Å². The molecule has 4 N–H and O–H groups in total. The van der Waals surface area contributed by atoms with E-state index in [-0.39, 0.29) is 10.9 Å². The SMILES string of the molecule is CCNC(=NCc1cccc(S(N)(=O)=O)c1)NC(C)c1ccc(CC(C)C)cc1. The summed E-state index contributed by atoms with van der Waals surface area (Å²) in [5.74, 6) is 1.31. The Kier molecular flexibility index (Phi) is 8.22. The van der Waals surface area contributed by atoms with Gasteiger partial charge in [0.2, 0.25) is 10.0 Å². The molecule has 0 aromatic heterocycles. The largest absolute Gasteiger partial charge is 0.357 e. The zero-order chi connectivity index (χ0) is 21.4. The zero-order valence-electron chi connectivity index (χ0n) is 17.6. The van der Waals surface area contributed by atoms with Crippen LogP contribution in [0.2, 0.25) is 0 Å². The number of sulfonamides is 1. The number of hydrogen-bond acceptors (Lipinski definition) is 3. The summed E-state index contributed by atoms with van der Waals surface area (Å²) in [6.45, 7) is 9.60. The standard InChI is InChI=1S/C22H32N4O2S/c1-5-24-22(25-15-19-7-6-8-21(14-19)29(23,27)28)26-17(4)20-11-9-18(10-12-20)13-16(2)3/h6-12,14,16-17H,5,13,15H2,1-4H3,(H2,23,27,28)(H2,24,25,26). The summed E-state index contributed by atoms with van der Waals surface area (Å²) in [7, 11) is -3.72. The Balaban J connectivity index is 2.09. The van der Waals surface area contributed by atoms with E-state index in [4.69, 9.17) is 5.14 Å². The van der Waals surface area contributed by atoms with Crippen molar-refractivity contribution in [1.29, 1.82) is 0 Å². The van der Waals surface area contributed by atoms with Gasteiger partial charge in [0.05, 0.1) is 17.5 Å². The number of benzene rings is 2. The maximum atomic E-state index is 11.5. The summed E-state index contributed by atoms with van der Waals surface area (Å²) in [6.07, 6.45) is 1.07. The summed E-state index contributed by atoms with van der Waals surface area (Å²) in [4.78, 5) is 4.68. The van der Waals surface area contributed by atoms with Crippen LogP contribution in [0.1, 0.15) is 50.4 Å². The minimum absolute atomic E-state index is 0.0802. The number of guanidine groups is 1. The van der Waals surface area contributed by atoms with Crippen LogP contribution in [-0.4, -0.2) is 20.9 Å². The number of nitrogens with zero attached hydrogens (tertiary/aromatic N) is 1. The topological polar surface area (TPSA) is 96.6 Å². The molecule has 0 aliphatic heterocycles. The second-order valence-corrected chi connectivity index (χ2v) is 9.15. The summed E-state index contributed by atoms with van der Waals surface area (Å²) < 4.78 is 23.1. The van der Waals surface area contributed by atoms with E-state index in [2.05, 4.69) is 60.7 Å². The number of nitrogens with one attached hydrogen (secondary N) is 2. The van der Waals surface area contributed by atoms with Crippen molar-refractivity contribution >= 4 is 16.0 Å². The lowest BCUT2D eigenvalue weighted by molar-refractivity contribution is 0.597. The molecule has 2 aromatic carbocycles. The first-order chi connectivity index (χ1) is 13.7. The van der Waals surface area contributed by atoms with Crippen LogP contribution in [0.3, 0.4) is 0 Å². The fourth-order valence-electron chi connectivity index (χ4n) is 3.01. The lowest BCUT2D eigenvalue weighted by atomic mass is 10.00. The molecule has 1 atom stereocenters. The van der Waals surface area contributed by atoms with Crippen molar-refractivity contribution in [2.45, 2.75) is 51.6 Å². The van der Waals surface area contributed by atoms with Crippen LogP contribution in [0, 0.1) is 5.92 Å². The smallest absolute Gasteiger partial charge is 0.238 e. The summed E-state index contributed by atoms with van der Waals surface area (Å²) in [6, 6.07) is 15.3. The maximum Gasteiger partial charge on any atom is 0.238 e. The number of rotatable bonds is 8. The predicted octanol–water partition coefficient (Wildman–Crippen LogP) is 3.35. The van der Waals surface area contributed by atoms with E-state index < -0.39 is 10.0 Å². The van der Waals surface area contributed by atoms with Gasteiger partial charge in [-0.1, -0.05) is 50.2 Å². The second kappa shape index (κ2) is 10.4. The third kappa shape index (κ3) is 7.51. The van der Waals surface area contributed by atoms with Crippen molar-refractivity contribution in [2.75, 3.05) is 6.54 Å². The molecule has 158 valence electrons. The second-order valence-electron chi connectivity index (χ2n) is 7.59. The van der Waals surface area contributed by atoms with Gasteiger partial charge in [0, 0.05) is 6.54 Å². The minimum Gasteiger partial charge on any atom is -0.357 e. The molecule has 2 aromatic rings. The van der Waals surface area contributed by atoms with Crippen LogP contribution in [0.4, 0.5) is 0 Å². The lowest BCUT2D eigenvalue weighted by Gasteiger charge is -2.19. The van der Waals surface area contributed by atoms with Crippen molar-refractivity contribution in [3.05, 3.63) is 65.2 Å². The Hall–Kier alpha value is -2.38. The summed E-state index contributed by atoms with van der Waals surface area (Å²) >= 11 is 0. The number of primary sulfonamides is 1. The van der Waals surface area contributed by atoms with Gasteiger partial charge in [-0.3, -0.25) is 0 Å². The highest BCUT2D eigenvalue weighted by molar-refractivity contribution is 7.89. The van der Waals surface area contributed by atoms with Gasteiger partial charge in [-0.15, -0.1) is 0 Å². The van der Waals surface area contributed by atoms with Gasteiger partial charge in [0.15, 0.2) is 5.96 Å². The fraction of sp³-hybridized carbons (Fsp3) is 0.409. The first-order valence-electron chi connectivity index (χ1n) is 9.94.